The second-order valence-electron chi connectivity index (χ2n) is 5.08. The molecule has 0 aliphatic carbocycles. The minimum atomic E-state index is -0.897. The Hall–Kier alpha value is -1.35. The molecule has 2 atom stereocenters. The molecule has 1 aromatic rings. The summed E-state index contributed by atoms with van der Waals surface area (Å²) in [6.45, 7) is 5.70. The van der Waals surface area contributed by atoms with E-state index in [1.807, 2.05) is 37.3 Å². The summed E-state index contributed by atoms with van der Waals surface area (Å²) in [5.74, 6) is -0.185. The average Bonchev–Trinajstić information content (AvgIpc) is 2.76. The largest absolute Gasteiger partial charge is 0.480 e. The Morgan fingerprint density at radius 3 is 2.53 bits per heavy atom. The smallest absolute Gasteiger partial charge is 0.328 e. The van der Waals surface area contributed by atoms with Gasteiger partial charge in [0.1, 0.15) is 5.54 Å². The highest BCUT2D eigenvalue weighted by Crippen LogP contribution is 2.33. The molecule has 1 saturated heterocycles. The number of nitrogens with zero attached hydrogens (tertiary/aromatic N) is 1. The van der Waals surface area contributed by atoms with Crippen molar-refractivity contribution in [3.8, 4) is 0 Å². The van der Waals surface area contributed by atoms with Gasteiger partial charge in [0, 0.05) is 6.54 Å². The van der Waals surface area contributed by atoms with Crippen LogP contribution >= 0.6 is 0 Å². The van der Waals surface area contributed by atoms with E-state index >= 15 is 0 Å². The van der Waals surface area contributed by atoms with Crippen LogP contribution in [0.3, 0.4) is 0 Å². The predicted octanol–water partition coefficient (Wildman–Crippen LogP) is 2.33. The summed E-state index contributed by atoms with van der Waals surface area (Å²) in [5, 5.41) is 9.59. The fourth-order valence-corrected chi connectivity index (χ4v) is 2.55. The van der Waals surface area contributed by atoms with E-state index < -0.39 is 11.5 Å². The van der Waals surface area contributed by atoms with Crippen LogP contribution in [0.1, 0.15) is 25.8 Å². The van der Waals surface area contributed by atoms with E-state index in [2.05, 4.69) is 11.8 Å². The van der Waals surface area contributed by atoms with E-state index in [0.717, 1.165) is 25.1 Å². The zero-order valence-corrected chi connectivity index (χ0v) is 10.4. The number of benzene rings is 1. The number of aliphatic carboxylic acids is 1. The fourth-order valence-electron chi connectivity index (χ4n) is 2.55. The number of carboxylic acid groups (broad SMARTS) is 1. The summed E-state index contributed by atoms with van der Waals surface area (Å²) in [6, 6.07) is 9.51. The van der Waals surface area contributed by atoms with Crippen LogP contribution in [0.15, 0.2) is 30.3 Å². The van der Waals surface area contributed by atoms with Crippen LogP contribution in [0.2, 0.25) is 0 Å². The lowest BCUT2D eigenvalue weighted by atomic mass is 9.90. The number of likely N-dealkylation sites (tertiary alicyclic amines) is 1. The van der Waals surface area contributed by atoms with Gasteiger partial charge in [-0.3, -0.25) is 4.90 Å². The highest BCUT2D eigenvalue weighted by molar-refractivity contribution is 5.80. The first-order valence-corrected chi connectivity index (χ1v) is 6.09. The summed E-state index contributed by atoms with van der Waals surface area (Å²) in [7, 11) is 0. The lowest BCUT2D eigenvalue weighted by Crippen LogP contribution is -2.48. The van der Waals surface area contributed by atoms with Crippen LogP contribution in [0.5, 0.6) is 0 Å². The molecule has 17 heavy (non-hydrogen) atoms. The maximum atomic E-state index is 11.7. The standard InChI is InChI=1S/C14H19NO2/c1-11-8-9-15(10-11)14(2,13(16)17)12-6-4-3-5-7-12/h3-7,11H,8-10H2,1-2H3,(H,16,17). The molecular formula is C14H19NO2. The van der Waals surface area contributed by atoms with E-state index in [4.69, 9.17) is 0 Å². The van der Waals surface area contributed by atoms with Crippen LogP contribution in [-0.4, -0.2) is 29.1 Å². The minimum Gasteiger partial charge on any atom is -0.480 e. The second kappa shape index (κ2) is 4.49. The lowest BCUT2D eigenvalue weighted by Gasteiger charge is -2.35. The number of rotatable bonds is 3. The van der Waals surface area contributed by atoms with Crippen molar-refractivity contribution in [1.82, 2.24) is 4.90 Å². The summed E-state index contributed by atoms with van der Waals surface area (Å²) >= 11 is 0. The van der Waals surface area contributed by atoms with E-state index in [0.29, 0.717) is 5.92 Å². The van der Waals surface area contributed by atoms with Crippen molar-refractivity contribution in [2.24, 2.45) is 5.92 Å². The first-order chi connectivity index (χ1) is 8.05. The van der Waals surface area contributed by atoms with Gasteiger partial charge in [-0.25, -0.2) is 4.79 Å². The van der Waals surface area contributed by atoms with Gasteiger partial charge in [0.2, 0.25) is 0 Å². The normalized spacial score (nSPS) is 24.5. The van der Waals surface area contributed by atoms with E-state index in [9.17, 15) is 9.90 Å². The van der Waals surface area contributed by atoms with E-state index in [1.165, 1.54) is 0 Å². The zero-order valence-electron chi connectivity index (χ0n) is 10.4. The molecule has 0 aromatic heterocycles. The first-order valence-electron chi connectivity index (χ1n) is 6.09. The molecule has 3 nitrogen and oxygen atoms in total. The van der Waals surface area contributed by atoms with Crippen molar-refractivity contribution >= 4 is 5.97 Å². The van der Waals surface area contributed by atoms with Gasteiger partial charge >= 0.3 is 5.97 Å². The molecule has 0 spiro atoms. The molecular weight excluding hydrogens is 214 g/mol. The molecule has 1 aliphatic rings. The second-order valence-corrected chi connectivity index (χ2v) is 5.08. The average molecular weight is 233 g/mol. The summed E-state index contributed by atoms with van der Waals surface area (Å²) < 4.78 is 0. The van der Waals surface area contributed by atoms with E-state index in [1.54, 1.807) is 0 Å². The van der Waals surface area contributed by atoms with Crippen LogP contribution in [0.25, 0.3) is 0 Å². The van der Waals surface area contributed by atoms with Crippen LogP contribution < -0.4 is 0 Å². The van der Waals surface area contributed by atoms with Crippen molar-refractivity contribution < 1.29 is 9.90 Å². The Kier molecular flexibility index (Phi) is 3.20. The van der Waals surface area contributed by atoms with Crippen LogP contribution in [0.4, 0.5) is 0 Å². The third kappa shape index (κ3) is 2.07. The maximum absolute atomic E-state index is 11.7. The number of hydrogen-bond donors (Lipinski definition) is 1. The van der Waals surface area contributed by atoms with Gasteiger partial charge in [0.05, 0.1) is 0 Å². The molecule has 0 saturated carbocycles. The Morgan fingerprint density at radius 2 is 2.06 bits per heavy atom. The highest BCUT2D eigenvalue weighted by atomic mass is 16.4. The third-order valence-corrected chi connectivity index (χ3v) is 3.81. The van der Waals surface area contributed by atoms with Gasteiger partial charge < -0.3 is 5.11 Å². The maximum Gasteiger partial charge on any atom is 0.328 e. The third-order valence-electron chi connectivity index (χ3n) is 3.81. The van der Waals surface area contributed by atoms with Gasteiger partial charge in [-0.05, 0) is 31.4 Å². The topological polar surface area (TPSA) is 40.5 Å². The first kappa shape index (κ1) is 12.1. The quantitative estimate of drug-likeness (QED) is 0.871. The van der Waals surface area contributed by atoms with Crippen molar-refractivity contribution in [1.29, 1.82) is 0 Å². The fraction of sp³-hybridized carbons (Fsp3) is 0.500. The molecule has 1 N–H and O–H groups in total. The molecule has 0 amide bonds. The van der Waals surface area contributed by atoms with Crippen molar-refractivity contribution in [2.75, 3.05) is 13.1 Å². The van der Waals surface area contributed by atoms with Gasteiger partial charge in [-0.1, -0.05) is 37.3 Å². The lowest BCUT2D eigenvalue weighted by molar-refractivity contribution is -0.150. The molecule has 1 fully saturated rings. The van der Waals surface area contributed by atoms with Gasteiger partial charge in [0.15, 0.2) is 0 Å². The SMILES string of the molecule is CC1CCN(C(C)(C(=O)O)c2ccccc2)C1. The molecule has 92 valence electrons. The number of carbonyl (C=O) groups is 1. The summed E-state index contributed by atoms with van der Waals surface area (Å²) in [6.07, 6.45) is 1.08. The Balaban J connectivity index is 2.37. The summed E-state index contributed by atoms with van der Waals surface area (Å²) in [4.78, 5) is 13.8. The van der Waals surface area contributed by atoms with Crippen LogP contribution in [0, 0.1) is 5.92 Å². The van der Waals surface area contributed by atoms with Crippen molar-refractivity contribution in [3.05, 3.63) is 35.9 Å². The van der Waals surface area contributed by atoms with Crippen LogP contribution in [-0.2, 0) is 10.3 Å². The zero-order chi connectivity index (χ0) is 12.5. The van der Waals surface area contributed by atoms with Crippen molar-refractivity contribution in [2.45, 2.75) is 25.8 Å². The Bertz CT molecular complexity index is 404. The molecule has 2 rings (SSSR count). The van der Waals surface area contributed by atoms with Crippen molar-refractivity contribution in [3.63, 3.8) is 0 Å². The van der Waals surface area contributed by atoms with Gasteiger partial charge in [0.25, 0.3) is 0 Å². The number of hydrogen-bond acceptors (Lipinski definition) is 2. The van der Waals surface area contributed by atoms with Gasteiger partial charge in [-0.15, -0.1) is 0 Å². The monoisotopic (exact) mass is 233 g/mol. The van der Waals surface area contributed by atoms with E-state index in [-0.39, 0.29) is 0 Å². The molecule has 2 unspecified atom stereocenters. The highest BCUT2D eigenvalue weighted by Gasteiger charge is 2.43. The van der Waals surface area contributed by atoms with Gasteiger partial charge in [-0.2, -0.15) is 0 Å². The Labute approximate surface area is 102 Å². The molecule has 0 bridgehead atoms. The molecule has 1 heterocycles. The molecule has 1 aliphatic heterocycles. The summed E-state index contributed by atoms with van der Waals surface area (Å²) in [5.41, 5.74) is -0.0342. The molecule has 3 heteroatoms. The number of carboxylic acids is 1. The minimum absolute atomic E-state index is 0.581. The Morgan fingerprint density at radius 1 is 1.41 bits per heavy atom. The predicted molar refractivity (Wildman–Crippen MR) is 66.8 cm³/mol. The molecule has 1 aromatic carbocycles. The molecule has 0 radical (unpaired) electrons.